The van der Waals surface area contributed by atoms with Gasteiger partial charge in [0, 0.05) is 29.5 Å². The maximum absolute atomic E-state index is 14.7. The van der Waals surface area contributed by atoms with E-state index >= 15 is 0 Å². The van der Waals surface area contributed by atoms with E-state index in [9.17, 15) is 18.0 Å². The number of benzene rings is 4. The fraction of sp³-hybridized carbons (Fsp3) is 0.297. The number of hydrogen-bond acceptors (Lipinski definition) is 7. The van der Waals surface area contributed by atoms with Gasteiger partial charge >= 0.3 is 0 Å². The van der Waals surface area contributed by atoms with E-state index in [1.54, 1.807) is 24.3 Å². The highest BCUT2D eigenvalue weighted by Gasteiger charge is 2.35. The maximum atomic E-state index is 14.7. The topological polar surface area (TPSA) is 114 Å². The summed E-state index contributed by atoms with van der Waals surface area (Å²) in [4.78, 5) is 29.9. The monoisotopic (exact) mass is 751 g/mol. The number of amides is 2. The molecule has 0 radical (unpaired) electrons. The molecule has 0 saturated heterocycles. The molecule has 0 bridgehead atoms. The summed E-state index contributed by atoms with van der Waals surface area (Å²) >= 11 is 3.50. The van der Waals surface area contributed by atoms with Crippen LogP contribution in [0.25, 0.3) is 0 Å². The second-order valence-corrected chi connectivity index (χ2v) is 14.3. The Hall–Kier alpha value is -4.55. The third kappa shape index (κ3) is 9.76. The molecular formula is C37H42BrN3O7S. The Kier molecular flexibility index (Phi) is 13.1. The third-order valence-electron chi connectivity index (χ3n) is 7.60. The zero-order valence-corrected chi connectivity index (χ0v) is 30.7. The van der Waals surface area contributed by atoms with Gasteiger partial charge in [0.1, 0.15) is 18.3 Å². The van der Waals surface area contributed by atoms with E-state index in [4.69, 9.17) is 14.2 Å². The van der Waals surface area contributed by atoms with Crippen molar-refractivity contribution in [3.05, 3.63) is 113 Å². The van der Waals surface area contributed by atoms with Crippen molar-refractivity contribution in [1.29, 1.82) is 0 Å². The molecule has 0 unspecified atom stereocenters. The van der Waals surface area contributed by atoms with Crippen LogP contribution in [0.15, 0.2) is 106 Å². The lowest BCUT2D eigenvalue weighted by atomic mass is 10.0. The largest absolute Gasteiger partial charge is 0.494 e. The first kappa shape index (κ1) is 37.3. The van der Waals surface area contributed by atoms with Crippen LogP contribution in [-0.4, -0.2) is 64.6 Å². The molecular weight excluding hydrogens is 710 g/mol. The molecule has 0 aliphatic heterocycles. The van der Waals surface area contributed by atoms with E-state index in [-0.39, 0.29) is 41.2 Å². The van der Waals surface area contributed by atoms with Gasteiger partial charge in [-0.2, -0.15) is 0 Å². The number of methoxy groups -OCH3 is 2. The summed E-state index contributed by atoms with van der Waals surface area (Å²) in [6.45, 7) is 5.43. The molecule has 10 nitrogen and oxygen atoms in total. The van der Waals surface area contributed by atoms with Crippen molar-refractivity contribution >= 4 is 43.5 Å². The highest BCUT2D eigenvalue weighted by molar-refractivity contribution is 9.10. The lowest BCUT2D eigenvalue weighted by molar-refractivity contribution is -0.140. The molecule has 0 aliphatic rings. The van der Waals surface area contributed by atoms with Gasteiger partial charge in [0.25, 0.3) is 10.0 Å². The Bertz CT molecular complexity index is 1820. The van der Waals surface area contributed by atoms with E-state index in [1.165, 1.54) is 37.3 Å². The number of sulfonamides is 1. The average molecular weight is 753 g/mol. The van der Waals surface area contributed by atoms with Gasteiger partial charge < -0.3 is 24.4 Å². The Balaban J connectivity index is 1.84. The quantitative estimate of drug-likeness (QED) is 0.145. The average Bonchev–Trinajstić information content (AvgIpc) is 3.09. The minimum Gasteiger partial charge on any atom is -0.494 e. The number of ether oxygens (including phenoxy) is 3. The molecule has 0 fully saturated rings. The molecule has 12 heteroatoms. The zero-order valence-electron chi connectivity index (χ0n) is 28.3. The van der Waals surface area contributed by atoms with Crippen molar-refractivity contribution < 1.29 is 32.2 Å². The molecule has 49 heavy (non-hydrogen) atoms. The van der Waals surface area contributed by atoms with Crippen molar-refractivity contribution in [3.63, 3.8) is 0 Å². The molecule has 4 aromatic carbocycles. The highest BCUT2D eigenvalue weighted by atomic mass is 79.9. The van der Waals surface area contributed by atoms with Crippen molar-refractivity contribution in [2.45, 2.75) is 50.7 Å². The van der Waals surface area contributed by atoms with Crippen LogP contribution in [0.3, 0.4) is 0 Å². The van der Waals surface area contributed by atoms with Gasteiger partial charge in [-0.05, 0) is 80.4 Å². The van der Waals surface area contributed by atoms with Gasteiger partial charge in [-0.1, -0.05) is 58.4 Å². The van der Waals surface area contributed by atoms with Crippen LogP contribution in [0.4, 0.5) is 5.69 Å². The second-order valence-electron chi connectivity index (χ2n) is 11.5. The number of nitrogens with one attached hydrogen (secondary N) is 1. The molecule has 0 spiro atoms. The van der Waals surface area contributed by atoms with E-state index in [0.717, 1.165) is 19.9 Å². The summed E-state index contributed by atoms with van der Waals surface area (Å²) in [7, 11) is -1.50. The molecule has 4 rings (SSSR count). The summed E-state index contributed by atoms with van der Waals surface area (Å²) in [6.07, 6.45) is 0.213. The number of carbonyl (C=O) groups is 2. The summed E-state index contributed by atoms with van der Waals surface area (Å²) in [5.74, 6) is 0.192. The van der Waals surface area contributed by atoms with E-state index in [1.807, 2.05) is 75.4 Å². The standard InChI is InChI=1S/C37H42BrN3O7S/c1-6-48-31-17-15-30(16-18-31)41(49(44,45)32-19-20-34(46-4)35(23-32)47-5)25-36(42)40(24-28-13-10-14-29(38)21-28)33(37(43)39-26(2)3)22-27-11-8-7-9-12-27/h7-21,23,26,33H,6,22,24-25H2,1-5H3,(H,39,43)/t33-/m0/s1. The fourth-order valence-electron chi connectivity index (χ4n) is 5.27. The summed E-state index contributed by atoms with van der Waals surface area (Å²) in [6, 6.07) is 26.4. The van der Waals surface area contributed by atoms with Crippen LogP contribution in [0, 0.1) is 0 Å². The SMILES string of the molecule is CCOc1ccc(N(CC(=O)N(Cc2cccc(Br)c2)[C@@H](Cc2ccccc2)C(=O)NC(C)C)S(=O)(=O)c2ccc(OC)c(OC)c2)cc1. The minimum absolute atomic E-state index is 0.0504. The Morgan fingerprint density at radius 1 is 0.837 bits per heavy atom. The summed E-state index contributed by atoms with van der Waals surface area (Å²) < 4.78 is 47.1. The number of carbonyl (C=O) groups excluding carboxylic acids is 2. The van der Waals surface area contributed by atoms with Gasteiger partial charge in [0.05, 0.1) is 31.4 Å². The van der Waals surface area contributed by atoms with E-state index in [2.05, 4.69) is 21.2 Å². The Morgan fingerprint density at radius 2 is 1.51 bits per heavy atom. The van der Waals surface area contributed by atoms with E-state index < -0.39 is 28.5 Å². The molecule has 0 heterocycles. The number of anilines is 1. The van der Waals surface area contributed by atoms with Crippen LogP contribution in [0.2, 0.25) is 0 Å². The van der Waals surface area contributed by atoms with Crippen LogP contribution < -0.4 is 23.8 Å². The molecule has 1 atom stereocenters. The maximum Gasteiger partial charge on any atom is 0.264 e. The molecule has 4 aromatic rings. The number of hydrogen-bond donors (Lipinski definition) is 1. The van der Waals surface area contributed by atoms with Gasteiger partial charge in [0.2, 0.25) is 11.8 Å². The lowest BCUT2D eigenvalue weighted by Crippen LogP contribution is -2.54. The second kappa shape index (κ2) is 17.2. The van der Waals surface area contributed by atoms with Gasteiger partial charge in [-0.15, -0.1) is 0 Å². The number of rotatable bonds is 16. The molecule has 0 saturated carbocycles. The van der Waals surface area contributed by atoms with Crippen LogP contribution >= 0.6 is 15.9 Å². The Morgan fingerprint density at radius 3 is 2.12 bits per heavy atom. The molecule has 0 aromatic heterocycles. The molecule has 2 amide bonds. The van der Waals surface area contributed by atoms with Gasteiger partial charge in [0.15, 0.2) is 11.5 Å². The number of nitrogens with zero attached hydrogens (tertiary/aromatic N) is 2. The van der Waals surface area contributed by atoms with Gasteiger partial charge in [-0.3, -0.25) is 13.9 Å². The fourth-order valence-corrected chi connectivity index (χ4v) is 7.15. The highest BCUT2D eigenvalue weighted by Crippen LogP contribution is 2.33. The molecule has 1 N–H and O–H groups in total. The van der Waals surface area contributed by atoms with Crippen molar-refractivity contribution in [2.75, 3.05) is 31.7 Å². The summed E-state index contributed by atoms with van der Waals surface area (Å²) in [5, 5.41) is 2.96. The smallest absolute Gasteiger partial charge is 0.264 e. The third-order valence-corrected chi connectivity index (χ3v) is 9.86. The first-order chi connectivity index (χ1) is 23.5. The lowest BCUT2D eigenvalue weighted by Gasteiger charge is -2.34. The van der Waals surface area contributed by atoms with Crippen LogP contribution in [0.1, 0.15) is 31.9 Å². The predicted octanol–water partition coefficient (Wildman–Crippen LogP) is 6.23. The first-order valence-corrected chi connectivity index (χ1v) is 18.1. The normalized spacial score (nSPS) is 11.8. The zero-order chi connectivity index (χ0) is 35.6. The first-order valence-electron chi connectivity index (χ1n) is 15.8. The van der Waals surface area contributed by atoms with Crippen molar-refractivity contribution in [1.82, 2.24) is 10.2 Å². The van der Waals surface area contributed by atoms with Crippen LogP contribution in [-0.2, 0) is 32.6 Å². The van der Waals surface area contributed by atoms with E-state index in [0.29, 0.717) is 18.1 Å². The summed E-state index contributed by atoms with van der Waals surface area (Å²) in [5.41, 5.74) is 1.84. The van der Waals surface area contributed by atoms with Crippen LogP contribution in [0.5, 0.6) is 17.2 Å². The van der Waals surface area contributed by atoms with Crippen molar-refractivity contribution in [2.24, 2.45) is 0 Å². The number of halogens is 1. The molecule has 260 valence electrons. The Labute approximate surface area is 297 Å². The predicted molar refractivity (Wildman–Crippen MR) is 194 cm³/mol. The van der Waals surface area contributed by atoms with Crippen molar-refractivity contribution in [3.8, 4) is 17.2 Å². The van der Waals surface area contributed by atoms with Gasteiger partial charge in [-0.25, -0.2) is 8.42 Å². The minimum atomic E-state index is -4.37. The molecule has 0 aliphatic carbocycles.